The zero-order chi connectivity index (χ0) is 24.5. The molecule has 0 spiro atoms. The molecule has 2 aliphatic carbocycles. The third-order valence-corrected chi connectivity index (χ3v) is 8.17. The van der Waals surface area contributed by atoms with E-state index in [1.54, 1.807) is 12.1 Å². The average Bonchev–Trinajstić information content (AvgIpc) is 3.44. The van der Waals surface area contributed by atoms with E-state index in [1.807, 2.05) is 0 Å². The molecule has 2 aliphatic heterocycles. The van der Waals surface area contributed by atoms with E-state index in [0.29, 0.717) is 13.0 Å². The zero-order valence-corrected chi connectivity index (χ0v) is 21.4. The van der Waals surface area contributed by atoms with Crippen molar-refractivity contribution < 1.29 is 28.9 Å². The number of piperazine rings is 1. The van der Waals surface area contributed by atoms with E-state index in [4.69, 9.17) is 4.74 Å². The molecule has 0 bridgehead atoms. The first-order valence-corrected chi connectivity index (χ1v) is 13.1. The Bertz CT molecular complexity index is 910. The lowest BCUT2D eigenvalue weighted by atomic mass is 9.78. The van der Waals surface area contributed by atoms with Gasteiger partial charge in [0.05, 0.1) is 35.8 Å². The number of hydrogen-bond acceptors (Lipinski definition) is 7. The molecule has 0 aromatic heterocycles. The Labute approximate surface area is 217 Å². The van der Waals surface area contributed by atoms with Gasteiger partial charge in [0.2, 0.25) is 11.8 Å². The lowest BCUT2D eigenvalue weighted by molar-refractivity contribution is -0.140. The molecule has 4 aliphatic rings. The van der Waals surface area contributed by atoms with E-state index in [2.05, 4.69) is 9.80 Å². The number of imide groups is 1. The highest BCUT2D eigenvalue weighted by Gasteiger charge is 2.51. The predicted molar refractivity (Wildman–Crippen MR) is 135 cm³/mol. The number of carbonyl (C=O) groups is 2. The molecule has 2 N–H and O–H groups in total. The van der Waals surface area contributed by atoms with Gasteiger partial charge in [-0.15, -0.1) is 12.4 Å². The van der Waals surface area contributed by atoms with Gasteiger partial charge in [-0.3, -0.25) is 19.4 Å². The van der Waals surface area contributed by atoms with Crippen LogP contribution in [-0.2, 0) is 9.59 Å². The first kappa shape index (κ1) is 27.1. The standard InChI is InChI=1S/C26H36FN3O5.ClH/c27-17-6-7-24(35-18-4-1-2-5-18)21(14-17)29-12-10-28(11-13-29)8-3-9-30-25(33)19-15-22(31)23(32)16-20(19)26(30)34;/h6-7,14,18-20,22-23,31-32H,1-5,8-13,15-16H2;1H. The molecule has 1 aromatic rings. The summed E-state index contributed by atoms with van der Waals surface area (Å²) < 4.78 is 20.3. The van der Waals surface area contributed by atoms with Crippen LogP contribution in [0.4, 0.5) is 10.1 Å². The minimum atomic E-state index is -0.939. The molecule has 4 atom stereocenters. The van der Waals surface area contributed by atoms with Crippen molar-refractivity contribution in [3.05, 3.63) is 24.0 Å². The fourth-order valence-electron chi connectivity index (χ4n) is 6.13. The highest BCUT2D eigenvalue weighted by Crippen LogP contribution is 2.38. The summed E-state index contributed by atoms with van der Waals surface area (Å²) in [6.45, 7) is 4.26. The molecule has 36 heavy (non-hydrogen) atoms. The molecule has 5 rings (SSSR count). The fourth-order valence-corrected chi connectivity index (χ4v) is 6.13. The van der Waals surface area contributed by atoms with Crippen molar-refractivity contribution in [3.8, 4) is 5.75 Å². The summed E-state index contributed by atoms with van der Waals surface area (Å²) in [6.07, 6.45) is 3.79. The Morgan fingerprint density at radius 3 is 2.14 bits per heavy atom. The van der Waals surface area contributed by atoms with Crippen molar-refractivity contribution in [2.75, 3.05) is 44.2 Å². The number of benzene rings is 1. The van der Waals surface area contributed by atoms with Gasteiger partial charge in [0.15, 0.2) is 0 Å². The van der Waals surface area contributed by atoms with Gasteiger partial charge in [-0.05, 0) is 63.6 Å². The summed E-state index contributed by atoms with van der Waals surface area (Å²) in [6, 6.07) is 4.77. The molecule has 2 amide bonds. The number of likely N-dealkylation sites (tertiary alicyclic amines) is 1. The van der Waals surface area contributed by atoms with Gasteiger partial charge in [-0.2, -0.15) is 0 Å². The summed E-state index contributed by atoms with van der Waals surface area (Å²) in [5.41, 5.74) is 0.816. The molecule has 200 valence electrons. The molecule has 8 nitrogen and oxygen atoms in total. The first-order chi connectivity index (χ1) is 16.9. The van der Waals surface area contributed by atoms with Crippen LogP contribution in [0.2, 0.25) is 0 Å². The van der Waals surface area contributed by atoms with Crippen molar-refractivity contribution in [2.24, 2.45) is 11.8 Å². The van der Waals surface area contributed by atoms with Gasteiger partial charge >= 0.3 is 0 Å². The van der Waals surface area contributed by atoms with Crippen LogP contribution in [0.25, 0.3) is 0 Å². The summed E-state index contributed by atoms with van der Waals surface area (Å²) in [7, 11) is 0. The number of halogens is 2. The molecule has 4 unspecified atom stereocenters. The number of ether oxygens (including phenoxy) is 1. The largest absolute Gasteiger partial charge is 0.488 e. The molecule has 0 radical (unpaired) electrons. The third-order valence-electron chi connectivity index (χ3n) is 8.17. The normalized spacial score (nSPS) is 29.4. The summed E-state index contributed by atoms with van der Waals surface area (Å²) in [5, 5.41) is 19.8. The summed E-state index contributed by atoms with van der Waals surface area (Å²) in [5.74, 6) is -0.933. The van der Waals surface area contributed by atoms with Crippen LogP contribution in [0.15, 0.2) is 18.2 Å². The zero-order valence-electron chi connectivity index (χ0n) is 20.6. The molecule has 1 aromatic carbocycles. The second kappa shape index (κ2) is 11.6. The summed E-state index contributed by atoms with van der Waals surface area (Å²) >= 11 is 0. The van der Waals surface area contributed by atoms with Crippen LogP contribution < -0.4 is 9.64 Å². The molecule has 2 heterocycles. The number of aliphatic hydroxyl groups is 2. The number of rotatable bonds is 7. The highest BCUT2D eigenvalue weighted by atomic mass is 35.5. The number of amides is 2. The minimum absolute atomic E-state index is 0. The minimum Gasteiger partial charge on any atom is -0.488 e. The van der Waals surface area contributed by atoms with E-state index in [0.717, 1.165) is 57.0 Å². The van der Waals surface area contributed by atoms with Gasteiger partial charge in [0.25, 0.3) is 0 Å². The lowest BCUT2D eigenvalue weighted by Gasteiger charge is -2.37. The van der Waals surface area contributed by atoms with E-state index in [9.17, 15) is 24.2 Å². The van der Waals surface area contributed by atoms with E-state index in [1.165, 1.54) is 23.8 Å². The quantitative estimate of drug-likeness (QED) is 0.527. The maximum Gasteiger partial charge on any atom is 0.233 e. The van der Waals surface area contributed by atoms with Gasteiger partial charge < -0.3 is 19.8 Å². The smallest absolute Gasteiger partial charge is 0.233 e. The SMILES string of the molecule is Cl.O=C1C2CC(O)C(O)CC2C(=O)N1CCCN1CCN(c2cc(F)ccc2OC2CCCC2)CC1. The number of carbonyl (C=O) groups excluding carboxylic acids is 2. The predicted octanol–water partition coefficient (Wildman–Crippen LogP) is 2.20. The van der Waals surface area contributed by atoms with E-state index >= 15 is 0 Å². The number of nitrogens with zero attached hydrogens (tertiary/aromatic N) is 3. The van der Waals surface area contributed by atoms with Gasteiger partial charge in [0, 0.05) is 38.8 Å². The number of hydrogen-bond donors (Lipinski definition) is 2. The molecule has 2 saturated heterocycles. The van der Waals surface area contributed by atoms with E-state index < -0.39 is 24.0 Å². The summed E-state index contributed by atoms with van der Waals surface area (Å²) in [4.78, 5) is 31.2. The number of anilines is 1. The Balaban J connectivity index is 0.00000304. The van der Waals surface area contributed by atoms with Crippen LogP contribution in [-0.4, -0.2) is 89.4 Å². The Hall–Kier alpha value is -1.94. The van der Waals surface area contributed by atoms with Crippen LogP contribution in [0, 0.1) is 17.7 Å². The van der Waals surface area contributed by atoms with Crippen molar-refractivity contribution in [2.45, 2.75) is 63.3 Å². The lowest BCUT2D eigenvalue weighted by Crippen LogP contribution is -2.47. The maximum absolute atomic E-state index is 14.0. The number of aliphatic hydroxyl groups excluding tert-OH is 2. The monoisotopic (exact) mass is 525 g/mol. The van der Waals surface area contributed by atoms with Crippen molar-refractivity contribution in [1.82, 2.24) is 9.80 Å². The van der Waals surface area contributed by atoms with Crippen molar-refractivity contribution >= 4 is 29.9 Å². The van der Waals surface area contributed by atoms with Crippen LogP contribution in [0.3, 0.4) is 0 Å². The molecular formula is C26H37ClFN3O5. The van der Waals surface area contributed by atoms with Gasteiger partial charge in [-0.25, -0.2) is 4.39 Å². The second-order valence-corrected chi connectivity index (χ2v) is 10.5. The molecule has 2 saturated carbocycles. The highest BCUT2D eigenvalue weighted by molar-refractivity contribution is 6.05. The van der Waals surface area contributed by atoms with Crippen LogP contribution in [0.5, 0.6) is 5.75 Å². The topological polar surface area (TPSA) is 93.5 Å². The van der Waals surface area contributed by atoms with Crippen molar-refractivity contribution in [1.29, 1.82) is 0 Å². The van der Waals surface area contributed by atoms with Gasteiger partial charge in [-0.1, -0.05) is 0 Å². The van der Waals surface area contributed by atoms with Crippen molar-refractivity contribution in [3.63, 3.8) is 0 Å². The first-order valence-electron chi connectivity index (χ1n) is 13.1. The third kappa shape index (κ3) is 5.64. The Morgan fingerprint density at radius 2 is 1.53 bits per heavy atom. The molecule has 10 heteroatoms. The number of fused-ring (bicyclic) bond motifs is 1. The average molecular weight is 526 g/mol. The Kier molecular flexibility index (Phi) is 8.75. The second-order valence-electron chi connectivity index (χ2n) is 10.5. The maximum atomic E-state index is 14.0. The van der Waals surface area contributed by atoms with Crippen LogP contribution >= 0.6 is 12.4 Å². The van der Waals surface area contributed by atoms with E-state index in [-0.39, 0.29) is 49.0 Å². The Morgan fingerprint density at radius 1 is 0.917 bits per heavy atom. The van der Waals surface area contributed by atoms with Gasteiger partial charge in [0.1, 0.15) is 11.6 Å². The fraction of sp³-hybridized carbons (Fsp3) is 0.692. The van der Waals surface area contributed by atoms with Crippen LogP contribution in [0.1, 0.15) is 44.9 Å². The molecule has 4 fully saturated rings. The molecular weight excluding hydrogens is 489 g/mol.